The first-order valence-corrected chi connectivity index (χ1v) is 10.5. The van der Waals surface area contributed by atoms with Gasteiger partial charge in [-0.25, -0.2) is 9.67 Å². The lowest BCUT2D eigenvalue weighted by molar-refractivity contribution is 0.101. The van der Waals surface area contributed by atoms with Crippen LogP contribution in [0.5, 0.6) is 0 Å². The van der Waals surface area contributed by atoms with Gasteiger partial charge in [0.1, 0.15) is 0 Å². The number of anilines is 1. The number of rotatable bonds is 4. The minimum Gasteiger partial charge on any atom is -0.319 e. The number of nitrogens with one attached hydrogen (secondary N) is 1. The Morgan fingerprint density at radius 1 is 0.871 bits per heavy atom. The van der Waals surface area contributed by atoms with E-state index in [2.05, 4.69) is 15.4 Å². The third-order valence-corrected chi connectivity index (χ3v) is 5.48. The first-order valence-electron chi connectivity index (χ1n) is 9.70. The van der Waals surface area contributed by atoms with Crippen molar-refractivity contribution >= 4 is 34.8 Å². The number of halogens is 2. The highest BCUT2D eigenvalue weighted by Crippen LogP contribution is 2.27. The average molecular weight is 451 g/mol. The van der Waals surface area contributed by atoms with Gasteiger partial charge >= 0.3 is 0 Å². The van der Waals surface area contributed by atoms with E-state index in [4.69, 9.17) is 23.2 Å². The maximum absolute atomic E-state index is 13.1. The summed E-state index contributed by atoms with van der Waals surface area (Å²) >= 11 is 12.4. The van der Waals surface area contributed by atoms with Crippen molar-refractivity contribution < 1.29 is 4.79 Å². The first kappa shape index (κ1) is 21.1. The van der Waals surface area contributed by atoms with Crippen LogP contribution in [0.15, 0.2) is 60.7 Å². The van der Waals surface area contributed by atoms with Crippen LogP contribution in [0.3, 0.4) is 0 Å². The third-order valence-electron chi connectivity index (χ3n) is 5.01. The second-order valence-corrected chi connectivity index (χ2v) is 8.21. The number of carbonyl (C=O) groups excluding carboxylic acids is 1. The van der Waals surface area contributed by atoms with Gasteiger partial charge in [-0.2, -0.15) is 0 Å². The molecule has 0 aliphatic heterocycles. The van der Waals surface area contributed by atoms with Gasteiger partial charge in [0.2, 0.25) is 5.82 Å². The van der Waals surface area contributed by atoms with E-state index >= 15 is 0 Å². The molecule has 1 amide bonds. The maximum atomic E-state index is 13.1. The number of hydrogen-bond donors (Lipinski definition) is 1. The van der Waals surface area contributed by atoms with Crippen LogP contribution in [0.4, 0.5) is 5.69 Å². The molecule has 7 heteroatoms. The van der Waals surface area contributed by atoms with Crippen molar-refractivity contribution in [2.45, 2.75) is 20.8 Å². The minimum atomic E-state index is -0.390. The van der Waals surface area contributed by atoms with Crippen LogP contribution in [0.1, 0.15) is 27.3 Å². The molecule has 3 aromatic carbocycles. The number of aryl methyl sites for hydroxylation is 3. The molecule has 0 fully saturated rings. The molecule has 4 aromatic rings. The Kier molecular flexibility index (Phi) is 5.81. The van der Waals surface area contributed by atoms with Crippen LogP contribution in [0, 0.1) is 20.8 Å². The molecule has 0 spiro atoms. The van der Waals surface area contributed by atoms with Crippen molar-refractivity contribution in [3.05, 3.63) is 93.2 Å². The average Bonchev–Trinajstić information content (AvgIpc) is 3.18. The molecule has 5 nitrogen and oxygen atoms in total. The van der Waals surface area contributed by atoms with E-state index in [9.17, 15) is 4.79 Å². The summed E-state index contributed by atoms with van der Waals surface area (Å²) in [6, 6.07) is 18.6. The molecule has 0 aliphatic rings. The van der Waals surface area contributed by atoms with Gasteiger partial charge < -0.3 is 5.32 Å². The van der Waals surface area contributed by atoms with Crippen LogP contribution in [0.25, 0.3) is 17.1 Å². The fourth-order valence-electron chi connectivity index (χ4n) is 3.38. The summed E-state index contributed by atoms with van der Waals surface area (Å²) in [5.41, 5.74) is 5.11. The molecule has 156 valence electrons. The number of nitrogens with zero attached hydrogens (tertiary/aromatic N) is 3. The fourth-order valence-corrected chi connectivity index (χ4v) is 3.74. The van der Waals surface area contributed by atoms with Crippen LogP contribution >= 0.6 is 23.2 Å². The smallest absolute Gasteiger partial charge is 0.295 e. The van der Waals surface area contributed by atoms with E-state index in [1.165, 1.54) is 0 Å². The molecular formula is C24H20Cl2N4O. The summed E-state index contributed by atoms with van der Waals surface area (Å²) in [4.78, 5) is 17.6. The highest BCUT2D eigenvalue weighted by molar-refractivity contribution is 6.31. The van der Waals surface area contributed by atoms with Crippen LogP contribution in [-0.4, -0.2) is 20.7 Å². The molecule has 0 saturated carbocycles. The zero-order valence-corrected chi connectivity index (χ0v) is 18.8. The lowest BCUT2D eigenvalue weighted by Crippen LogP contribution is -2.16. The Morgan fingerprint density at radius 3 is 2.26 bits per heavy atom. The Labute approximate surface area is 190 Å². The molecule has 0 unspecified atom stereocenters. The maximum Gasteiger partial charge on any atom is 0.295 e. The minimum absolute atomic E-state index is 0.0528. The molecule has 0 atom stereocenters. The summed E-state index contributed by atoms with van der Waals surface area (Å²) in [7, 11) is 0. The highest BCUT2D eigenvalue weighted by atomic mass is 35.5. The summed E-state index contributed by atoms with van der Waals surface area (Å²) < 4.78 is 1.63. The standard InChI is InChI=1S/C24H20Cl2N4O/c1-14-10-11-19(26)13-20(14)30-23(17-8-5-9-18(25)12-17)28-22(29-30)24(31)27-21-15(2)6-4-7-16(21)3/h4-13H,1-3H3,(H,27,31). The molecule has 0 bridgehead atoms. The van der Waals surface area contributed by atoms with Gasteiger partial charge in [-0.05, 0) is 61.7 Å². The molecule has 1 heterocycles. The summed E-state index contributed by atoms with van der Waals surface area (Å²) in [6.45, 7) is 5.84. The molecule has 0 aliphatic carbocycles. The van der Waals surface area contributed by atoms with Gasteiger partial charge in [-0.15, -0.1) is 5.10 Å². The normalized spacial score (nSPS) is 10.9. The molecule has 1 N–H and O–H groups in total. The van der Waals surface area contributed by atoms with Crippen LogP contribution in [-0.2, 0) is 0 Å². The molecule has 0 radical (unpaired) electrons. The van der Waals surface area contributed by atoms with Gasteiger partial charge in [0.25, 0.3) is 5.91 Å². The highest BCUT2D eigenvalue weighted by Gasteiger charge is 2.21. The van der Waals surface area contributed by atoms with E-state index in [0.29, 0.717) is 15.9 Å². The summed E-state index contributed by atoms with van der Waals surface area (Å²) in [6.07, 6.45) is 0. The van der Waals surface area contributed by atoms with Crippen LogP contribution in [0.2, 0.25) is 10.0 Å². The molecular weight excluding hydrogens is 431 g/mol. The predicted octanol–water partition coefficient (Wildman–Crippen LogP) is 6.42. The molecule has 31 heavy (non-hydrogen) atoms. The fraction of sp³-hybridized carbons (Fsp3) is 0.125. The third kappa shape index (κ3) is 4.33. The number of para-hydroxylation sites is 1. The monoisotopic (exact) mass is 450 g/mol. The quantitative estimate of drug-likeness (QED) is 0.390. The predicted molar refractivity (Wildman–Crippen MR) is 125 cm³/mol. The lowest BCUT2D eigenvalue weighted by atomic mass is 10.1. The van der Waals surface area contributed by atoms with E-state index in [-0.39, 0.29) is 11.7 Å². The van der Waals surface area contributed by atoms with E-state index in [1.54, 1.807) is 22.9 Å². The topological polar surface area (TPSA) is 59.8 Å². The summed E-state index contributed by atoms with van der Waals surface area (Å²) in [5.74, 6) is 0.163. The van der Waals surface area contributed by atoms with E-state index < -0.39 is 0 Å². The number of amides is 1. The number of aromatic nitrogens is 3. The molecule has 4 rings (SSSR count). The van der Waals surface area contributed by atoms with Crippen molar-refractivity contribution in [3.8, 4) is 17.1 Å². The number of hydrogen-bond acceptors (Lipinski definition) is 3. The lowest BCUT2D eigenvalue weighted by Gasteiger charge is -2.10. The van der Waals surface area contributed by atoms with Gasteiger partial charge in [0.15, 0.2) is 5.82 Å². The van der Waals surface area contributed by atoms with E-state index in [1.807, 2.05) is 63.2 Å². The Bertz CT molecular complexity index is 1280. The van der Waals surface area contributed by atoms with Crippen molar-refractivity contribution in [2.24, 2.45) is 0 Å². The van der Waals surface area contributed by atoms with Gasteiger partial charge in [-0.1, -0.05) is 59.6 Å². The molecule has 0 saturated heterocycles. The van der Waals surface area contributed by atoms with Gasteiger partial charge in [-0.3, -0.25) is 4.79 Å². The number of benzene rings is 3. The Hall–Kier alpha value is -3.15. The van der Waals surface area contributed by atoms with Crippen molar-refractivity contribution in [1.82, 2.24) is 14.8 Å². The van der Waals surface area contributed by atoms with Crippen molar-refractivity contribution in [3.63, 3.8) is 0 Å². The van der Waals surface area contributed by atoms with Crippen molar-refractivity contribution in [1.29, 1.82) is 0 Å². The van der Waals surface area contributed by atoms with E-state index in [0.717, 1.165) is 33.6 Å². The van der Waals surface area contributed by atoms with Crippen molar-refractivity contribution in [2.75, 3.05) is 5.32 Å². The van der Waals surface area contributed by atoms with Gasteiger partial charge in [0.05, 0.1) is 5.69 Å². The largest absolute Gasteiger partial charge is 0.319 e. The number of carbonyl (C=O) groups is 1. The zero-order valence-electron chi connectivity index (χ0n) is 17.3. The molecule has 1 aromatic heterocycles. The Morgan fingerprint density at radius 2 is 1.55 bits per heavy atom. The second kappa shape index (κ2) is 8.53. The second-order valence-electron chi connectivity index (χ2n) is 7.33. The first-order chi connectivity index (χ1) is 14.8. The zero-order chi connectivity index (χ0) is 22.1. The Balaban J connectivity index is 1.83. The van der Waals surface area contributed by atoms with Gasteiger partial charge in [0, 0.05) is 21.3 Å². The van der Waals surface area contributed by atoms with Crippen LogP contribution < -0.4 is 5.32 Å². The SMILES string of the molecule is Cc1ccc(Cl)cc1-n1nc(C(=O)Nc2c(C)cccc2C)nc1-c1cccc(Cl)c1. The summed E-state index contributed by atoms with van der Waals surface area (Å²) in [5, 5.41) is 8.61.